The van der Waals surface area contributed by atoms with Crippen molar-refractivity contribution in [1.82, 2.24) is 0 Å². The highest BCUT2D eigenvalue weighted by Crippen LogP contribution is 2.06. The molecule has 3 amide bonds. The first kappa shape index (κ1) is 9.93. The van der Waals surface area contributed by atoms with Gasteiger partial charge in [0.1, 0.15) is 0 Å². The molecule has 11 heavy (non-hydrogen) atoms. The van der Waals surface area contributed by atoms with Gasteiger partial charge in [-0.25, -0.2) is 14.4 Å². The number of imide groups is 3. The summed E-state index contributed by atoms with van der Waals surface area (Å²) >= 11 is 0. The Labute approximate surface area is 63.8 Å². The molecule has 0 aliphatic carbocycles. The van der Waals surface area contributed by atoms with Gasteiger partial charge in [-0.05, 0) is 0 Å². The Balaban J connectivity index is 4.99. The number of nitrogens with zero attached hydrogens (tertiary/aromatic N) is 1. The first-order valence-electron chi connectivity index (χ1n) is 2.97. The quantitative estimate of drug-likeness (QED) is 0.366. The second-order valence-corrected chi connectivity index (χ2v) is 2.17. The van der Waals surface area contributed by atoms with E-state index in [2.05, 4.69) is 0 Å². The Morgan fingerprint density at radius 2 is 1.09 bits per heavy atom. The standard InChI is InChI=1S/C6H9NO4/c1-4(8)7(11,5(2)9)6(3)10/h1-3H3. The summed E-state index contributed by atoms with van der Waals surface area (Å²) in [5.41, 5.74) is 0. The fourth-order valence-electron chi connectivity index (χ4n) is 0.665. The fourth-order valence-corrected chi connectivity index (χ4v) is 0.665. The van der Waals surface area contributed by atoms with E-state index in [4.69, 9.17) is 0 Å². The summed E-state index contributed by atoms with van der Waals surface area (Å²) in [5, 5.41) is 11.1. The molecule has 0 radical (unpaired) electrons. The molecule has 0 fully saturated rings. The third-order valence-electron chi connectivity index (χ3n) is 1.33. The van der Waals surface area contributed by atoms with Crippen LogP contribution in [0.2, 0.25) is 0 Å². The van der Waals surface area contributed by atoms with Gasteiger partial charge in [-0.2, -0.15) is 4.65 Å². The molecular formula is C6H9NO4. The second-order valence-electron chi connectivity index (χ2n) is 2.17. The van der Waals surface area contributed by atoms with Gasteiger partial charge in [-0.3, -0.25) is 0 Å². The zero-order chi connectivity index (χ0) is 9.23. The maximum absolute atomic E-state index is 11.1. The molecule has 0 bridgehead atoms. The molecule has 0 rings (SSSR count). The van der Waals surface area contributed by atoms with Crippen molar-refractivity contribution in [1.29, 1.82) is 0 Å². The molecule has 5 nitrogen and oxygen atoms in total. The Morgan fingerprint density at radius 1 is 0.909 bits per heavy atom. The van der Waals surface area contributed by atoms with E-state index in [9.17, 15) is 19.6 Å². The fraction of sp³-hybridized carbons (Fsp3) is 0.500. The number of hydrogen-bond acceptors (Lipinski definition) is 4. The van der Waals surface area contributed by atoms with Crippen LogP contribution in [0.3, 0.4) is 0 Å². The summed E-state index contributed by atoms with van der Waals surface area (Å²) in [6, 6.07) is 0. The predicted molar refractivity (Wildman–Crippen MR) is 35.7 cm³/mol. The van der Waals surface area contributed by atoms with Gasteiger partial charge in [-0.1, -0.05) is 0 Å². The highest BCUT2D eigenvalue weighted by Gasteiger charge is 2.34. The number of carbonyl (C=O) groups is 3. The summed E-state index contributed by atoms with van der Waals surface area (Å²) in [6.45, 7) is 2.74. The van der Waals surface area contributed by atoms with Crippen LogP contribution >= 0.6 is 0 Å². The molecule has 0 saturated carbocycles. The van der Waals surface area contributed by atoms with E-state index in [1.807, 2.05) is 0 Å². The average Bonchev–Trinajstić information content (AvgIpc) is 1.84. The smallest absolute Gasteiger partial charge is 0.325 e. The van der Waals surface area contributed by atoms with Crippen LogP contribution in [0.5, 0.6) is 0 Å². The van der Waals surface area contributed by atoms with Crippen molar-refractivity contribution in [2.45, 2.75) is 20.8 Å². The summed E-state index contributed by atoms with van der Waals surface area (Å²) in [4.78, 5) is 31.7. The van der Waals surface area contributed by atoms with Crippen LogP contribution in [-0.2, 0) is 14.4 Å². The molecule has 0 atom stereocenters. The van der Waals surface area contributed by atoms with E-state index in [0.29, 0.717) is 0 Å². The van der Waals surface area contributed by atoms with Gasteiger partial charge in [0.15, 0.2) is 0 Å². The zero-order valence-electron chi connectivity index (χ0n) is 6.58. The van der Waals surface area contributed by atoms with Crippen LogP contribution in [0.15, 0.2) is 0 Å². The van der Waals surface area contributed by atoms with Crippen molar-refractivity contribution in [2.75, 3.05) is 0 Å². The first-order valence-corrected chi connectivity index (χ1v) is 2.97. The Hall–Kier alpha value is -1.07. The maximum Gasteiger partial charge on any atom is 0.325 e. The van der Waals surface area contributed by atoms with E-state index in [0.717, 1.165) is 20.8 Å². The van der Waals surface area contributed by atoms with Crippen LogP contribution in [0.1, 0.15) is 20.8 Å². The molecule has 0 aromatic rings. The van der Waals surface area contributed by atoms with Gasteiger partial charge in [0, 0.05) is 0 Å². The van der Waals surface area contributed by atoms with E-state index in [1.165, 1.54) is 0 Å². The Bertz CT molecular complexity index is 185. The lowest BCUT2D eigenvalue weighted by atomic mass is 10.4. The summed E-state index contributed by atoms with van der Waals surface area (Å²) in [5.74, 6) is -3.03. The topological polar surface area (TPSA) is 74.3 Å². The van der Waals surface area contributed by atoms with E-state index >= 15 is 0 Å². The van der Waals surface area contributed by atoms with Crippen LogP contribution in [-0.4, -0.2) is 22.4 Å². The largest absolute Gasteiger partial charge is 0.610 e. The monoisotopic (exact) mass is 159 g/mol. The normalized spacial score (nSPS) is 10.9. The molecule has 0 aliphatic heterocycles. The Kier molecular flexibility index (Phi) is 2.61. The molecular weight excluding hydrogens is 150 g/mol. The third-order valence-corrected chi connectivity index (χ3v) is 1.33. The highest BCUT2D eigenvalue weighted by molar-refractivity contribution is 5.95. The van der Waals surface area contributed by atoms with Gasteiger partial charge in [0.25, 0.3) is 0 Å². The van der Waals surface area contributed by atoms with E-state index in [-0.39, 0.29) is 0 Å². The van der Waals surface area contributed by atoms with Gasteiger partial charge >= 0.3 is 17.7 Å². The van der Waals surface area contributed by atoms with Gasteiger partial charge in [-0.15, -0.1) is 0 Å². The minimum atomic E-state index is -2.00. The molecule has 0 N–H and O–H groups in total. The lowest BCUT2D eigenvalue weighted by Crippen LogP contribution is -2.53. The van der Waals surface area contributed by atoms with Gasteiger partial charge < -0.3 is 5.21 Å². The Morgan fingerprint density at radius 3 is 1.09 bits per heavy atom. The maximum atomic E-state index is 11.1. The molecule has 62 valence electrons. The predicted octanol–water partition coefficient (Wildman–Crippen LogP) is -0.0595. The van der Waals surface area contributed by atoms with Gasteiger partial charge in [0.2, 0.25) is 0 Å². The molecule has 5 heteroatoms. The number of quaternary nitrogens is 1. The summed E-state index contributed by atoms with van der Waals surface area (Å²) in [6.07, 6.45) is 0. The van der Waals surface area contributed by atoms with Crippen LogP contribution in [0.4, 0.5) is 0 Å². The lowest BCUT2D eigenvalue weighted by Gasteiger charge is -2.30. The molecule has 0 unspecified atom stereocenters. The molecule has 0 aromatic carbocycles. The molecule has 0 saturated heterocycles. The van der Waals surface area contributed by atoms with E-state index < -0.39 is 22.4 Å². The average molecular weight is 159 g/mol. The van der Waals surface area contributed by atoms with Crippen molar-refractivity contribution in [2.24, 2.45) is 0 Å². The van der Waals surface area contributed by atoms with Crippen molar-refractivity contribution >= 4 is 17.7 Å². The van der Waals surface area contributed by atoms with Crippen molar-refractivity contribution in [3.63, 3.8) is 0 Å². The number of hydrogen-bond donors (Lipinski definition) is 0. The molecule has 0 spiro atoms. The van der Waals surface area contributed by atoms with Gasteiger partial charge in [0.05, 0.1) is 20.8 Å². The third kappa shape index (κ3) is 1.50. The zero-order valence-corrected chi connectivity index (χ0v) is 6.58. The molecule has 0 aliphatic rings. The number of rotatable bonds is 0. The van der Waals surface area contributed by atoms with Crippen LogP contribution < -0.4 is 0 Å². The van der Waals surface area contributed by atoms with Crippen LogP contribution in [0, 0.1) is 5.21 Å². The number of amides is 3. The minimum absolute atomic E-state index is 0.912. The lowest BCUT2D eigenvalue weighted by molar-refractivity contribution is -0.645. The molecule has 0 aromatic heterocycles. The molecule has 0 heterocycles. The summed E-state index contributed by atoms with van der Waals surface area (Å²) < 4.78 is -2.00. The SMILES string of the molecule is CC(=O)[N+]([O-])(C(C)=O)C(C)=O. The minimum Gasteiger partial charge on any atom is -0.610 e. The van der Waals surface area contributed by atoms with Crippen molar-refractivity contribution < 1.29 is 19.0 Å². The second kappa shape index (κ2) is 2.89. The van der Waals surface area contributed by atoms with Crippen molar-refractivity contribution in [3.8, 4) is 0 Å². The highest BCUT2D eigenvalue weighted by atomic mass is 16.6. The van der Waals surface area contributed by atoms with E-state index in [1.54, 1.807) is 0 Å². The number of hydroxylamine groups is 3. The number of carbonyl (C=O) groups excluding carboxylic acids is 3. The summed E-state index contributed by atoms with van der Waals surface area (Å²) in [7, 11) is 0. The van der Waals surface area contributed by atoms with Crippen LogP contribution in [0.25, 0.3) is 0 Å². The van der Waals surface area contributed by atoms with Crippen molar-refractivity contribution in [3.05, 3.63) is 5.21 Å². The first-order chi connectivity index (χ1) is 4.83.